The summed E-state index contributed by atoms with van der Waals surface area (Å²) in [6.45, 7) is 3.40. The topological polar surface area (TPSA) is 80.7 Å². The van der Waals surface area contributed by atoms with Gasteiger partial charge in [0.2, 0.25) is 0 Å². The quantitative estimate of drug-likeness (QED) is 0.405. The SMILES string of the molecule is CC(C)C(=O)OCCCS(=O)(=O)O. The Kier molecular flexibility index (Phi) is 4.94. The second-order valence-electron chi connectivity index (χ2n) is 2.96. The Morgan fingerprint density at radius 2 is 2.00 bits per heavy atom. The fourth-order valence-electron chi connectivity index (χ4n) is 0.581. The number of rotatable bonds is 5. The zero-order valence-corrected chi connectivity index (χ0v) is 8.50. The van der Waals surface area contributed by atoms with E-state index >= 15 is 0 Å². The minimum Gasteiger partial charge on any atom is -0.465 e. The summed E-state index contributed by atoms with van der Waals surface area (Å²) in [6, 6.07) is 0. The summed E-state index contributed by atoms with van der Waals surface area (Å²) < 4.78 is 33.5. The van der Waals surface area contributed by atoms with E-state index in [1.54, 1.807) is 13.8 Å². The van der Waals surface area contributed by atoms with Gasteiger partial charge in [-0.2, -0.15) is 8.42 Å². The van der Waals surface area contributed by atoms with Gasteiger partial charge in [-0.1, -0.05) is 13.8 Å². The average molecular weight is 210 g/mol. The van der Waals surface area contributed by atoms with Crippen molar-refractivity contribution >= 4 is 16.1 Å². The van der Waals surface area contributed by atoms with Crippen LogP contribution in [0.2, 0.25) is 0 Å². The number of carbonyl (C=O) groups is 1. The third-order valence-electron chi connectivity index (χ3n) is 1.26. The fraction of sp³-hybridized carbons (Fsp3) is 0.857. The highest BCUT2D eigenvalue weighted by atomic mass is 32.2. The molecule has 0 saturated carbocycles. The monoisotopic (exact) mass is 210 g/mol. The molecule has 0 saturated heterocycles. The largest absolute Gasteiger partial charge is 0.465 e. The molecular formula is C7H14O5S. The molecule has 0 aromatic carbocycles. The van der Waals surface area contributed by atoms with Crippen molar-refractivity contribution in [3.05, 3.63) is 0 Å². The summed E-state index contributed by atoms with van der Waals surface area (Å²) >= 11 is 0. The van der Waals surface area contributed by atoms with Crippen molar-refractivity contribution in [2.24, 2.45) is 5.92 Å². The Balaban J connectivity index is 3.53. The molecule has 6 heteroatoms. The van der Waals surface area contributed by atoms with Gasteiger partial charge in [0.1, 0.15) is 0 Å². The molecule has 0 heterocycles. The molecule has 0 aromatic rings. The number of hydrogen-bond donors (Lipinski definition) is 1. The Bertz CT molecular complexity index is 254. The lowest BCUT2D eigenvalue weighted by Gasteiger charge is -2.05. The standard InChI is InChI=1S/C7H14O5S/c1-6(2)7(8)12-4-3-5-13(9,10)11/h6H,3-5H2,1-2H3,(H,9,10,11). The Morgan fingerprint density at radius 1 is 1.46 bits per heavy atom. The molecule has 0 aromatic heterocycles. The summed E-state index contributed by atoms with van der Waals surface area (Å²) in [4.78, 5) is 10.8. The fourth-order valence-corrected chi connectivity index (χ4v) is 1.06. The summed E-state index contributed by atoms with van der Waals surface area (Å²) in [5.74, 6) is -0.959. The van der Waals surface area contributed by atoms with Crippen molar-refractivity contribution in [1.29, 1.82) is 0 Å². The molecular weight excluding hydrogens is 196 g/mol. The maximum Gasteiger partial charge on any atom is 0.308 e. The first kappa shape index (κ1) is 12.4. The third kappa shape index (κ3) is 7.73. The minimum atomic E-state index is -3.93. The lowest BCUT2D eigenvalue weighted by molar-refractivity contribution is -0.147. The first-order valence-corrected chi connectivity index (χ1v) is 5.55. The molecule has 5 nitrogen and oxygen atoms in total. The molecule has 78 valence electrons. The van der Waals surface area contributed by atoms with Crippen LogP contribution in [0.4, 0.5) is 0 Å². The minimum absolute atomic E-state index is 0.0246. The highest BCUT2D eigenvalue weighted by molar-refractivity contribution is 7.85. The van der Waals surface area contributed by atoms with Crippen LogP contribution >= 0.6 is 0 Å². The molecule has 0 fully saturated rings. The van der Waals surface area contributed by atoms with Crippen molar-refractivity contribution in [1.82, 2.24) is 0 Å². The summed E-state index contributed by atoms with van der Waals surface area (Å²) in [5.41, 5.74) is 0. The van der Waals surface area contributed by atoms with Gasteiger partial charge >= 0.3 is 5.97 Å². The molecule has 0 aliphatic rings. The van der Waals surface area contributed by atoms with Crippen LogP contribution < -0.4 is 0 Å². The van der Waals surface area contributed by atoms with Crippen LogP contribution in [-0.4, -0.2) is 31.3 Å². The first-order chi connectivity index (χ1) is 5.83. The second-order valence-corrected chi connectivity index (χ2v) is 4.53. The van der Waals surface area contributed by atoms with Crippen molar-refractivity contribution < 1.29 is 22.5 Å². The second kappa shape index (κ2) is 5.18. The van der Waals surface area contributed by atoms with Crippen LogP contribution in [0.5, 0.6) is 0 Å². The van der Waals surface area contributed by atoms with Gasteiger partial charge in [0.05, 0.1) is 18.3 Å². The van der Waals surface area contributed by atoms with E-state index in [1.807, 2.05) is 0 Å². The first-order valence-electron chi connectivity index (χ1n) is 3.94. The third-order valence-corrected chi connectivity index (χ3v) is 2.07. The van der Waals surface area contributed by atoms with Crippen LogP contribution in [0, 0.1) is 5.92 Å². The van der Waals surface area contributed by atoms with Gasteiger partial charge in [0, 0.05) is 0 Å². The van der Waals surface area contributed by atoms with Gasteiger partial charge in [0.25, 0.3) is 10.1 Å². The number of hydrogen-bond acceptors (Lipinski definition) is 4. The van der Waals surface area contributed by atoms with E-state index in [9.17, 15) is 13.2 Å². The Labute approximate surface area is 77.8 Å². The summed E-state index contributed by atoms with van der Waals surface area (Å²) in [7, 11) is -3.93. The predicted molar refractivity (Wildman–Crippen MR) is 46.8 cm³/mol. The van der Waals surface area contributed by atoms with Crippen LogP contribution in [0.15, 0.2) is 0 Å². The van der Waals surface area contributed by atoms with Crippen molar-refractivity contribution in [2.75, 3.05) is 12.4 Å². The maximum atomic E-state index is 10.8. The molecule has 0 unspecified atom stereocenters. The van der Waals surface area contributed by atoms with Gasteiger partial charge in [-0.05, 0) is 6.42 Å². The van der Waals surface area contributed by atoms with Gasteiger partial charge in [-0.25, -0.2) is 0 Å². The summed E-state index contributed by atoms with van der Waals surface area (Å²) in [5, 5.41) is 0. The molecule has 0 bridgehead atoms. The smallest absolute Gasteiger partial charge is 0.308 e. The van der Waals surface area contributed by atoms with Crippen molar-refractivity contribution in [2.45, 2.75) is 20.3 Å². The van der Waals surface area contributed by atoms with E-state index < -0.39 is 10.1 Å². The molecule has 1 N–H and O–H groups in total. The van der Waals surface area contributed by atoms with Gasteiger partial charge in [0.15, 0.2) is 0 Å². The maximum absolute atomic E-state index is 10.8. The molecule has 0 atom stereocenters. The number of esters is 1. The Morgan fingerprint density at radius 3 is 2.38 bits per heavy atom. The molecule has 0 amide bonds. The predicted octanol–water partition coefficient (Wildman–Crippen LogP) is 0.463. The highest BCUT2D eigenvalue weighted by Gasteiger charge is 2.09. The average Bonchev–Trinajstić information content (AvgIpc) is 1.95. The van der Waals surface area contributed by atoms with E-state index in [1.165, 1.54) is 0 Å². The lowest BCUT2D eigenvalue weighted by atomic mass is 10.2. The van der Waals surface area contributed by atoms with Crippen LogP contribution in [-0.2, 0) is 19.6 Å². The van der Waals surface area contributed by atoms with E-state index in [0.717, 1.165) is 0 Å². The van der Waals surface area contributed by atoms with Gasteiger partial charge < -0.3 is 4.74 Å². The van der Waals surface area contributed by atoms with Crippen molar-refractivity contribution in [3.8, 4) is 0 Å². The normalized spacial score (nSPS) is 11.7. The molecule has 13 heavy (non-hydrogen) atoms. The van der Waals surface area contributed by atoms with E-state index in [4.69, 9.17) is 4.55 Å². The van der Waals surface area contributed by atoms with E-state index in [-0.39, 0.29) is 30.7 Å². The number of ether oxygens (including phenoxy) is 1. The van der Waals surface area contributed by atoms with Crippen LogP contribution in [0.25, 0.3) is 0 Å². The van der Waals surface area contributed by atoms with Crippen molar-refractivity contribution in [3.63, 3.8) is 0 Å². The molecule has 0 aliphatic heterocycles. The van der Waals surface area contributed by atoms with E-state index in [2.05, 4.69) is 4.74 Å². The molecule has 0 rings (SSSR count). The van der Waals surface area contributed by atoms with Crippen LogP contribution in [0.1, 0.15) is 20.3 Å². The van der Waals surface area contributed by atoms with E-state index in [0.29, 0.717) is 0 Å². The molecule has 0 aliphatic carbocycles. The van der Waals surface area contributed by atoms with Gasteiger partial charge in [-0.15, -0.1) is 0 Å². The van der Waals surface area contributed by atoms with Gasteiger partial charge in [-0.3, -0.25) is 9.35 Å². The lowest BCUT2D eigenvalue weighted by Crippen LogP contribution is -2.14. The molecule has 0 spiro atoms. The Hall–Kier alpha value is -0.620. The summed E-state index contributed by atoms with van der Waals surface area (Å²) in [6.07, 6.45) is 0.122. The highest BCUT2D eigenvalue weighted by Crippen LogP contribution is 1.97. The number of carbonyl (C=O) groups excluding carboxylic acids is 1. The zero-order chi connectivity index (χ0) is 10.5. The van der Waals surface area contributed by atoms with Crippen LogP contribution in [0.3, 0.4) is 0 Å². The molecule has 0 radical (unpaired) electrons. The zero-order valence-electron chi connectivity index (χ0n) is 7.69.